The first kappa shape index (κ1) is 11.6. The van der Waals surface area contributed by atoms with Crippen molar-refractivity contribution < 1.29 is 18.5 Å². The van der Waals surface area contributed by atoms with Gasteiger partial charge in [-0.25, -0.2) is 0 Å². The number of hydrogen-bond donors (Lipinski definition) is 1. The Hall–Kier alpha value is 0.590. The Labute approximate surface area is 75.8 Å². The summed E-state index contributed by atoms with van der Waals surface area (Å²) in [6.45, 7) is 0.248. The van der Waals surface area contributed by atoms with E-state index in [2.05, 4.69) is 20.5 Å². The summed E-state index contributed by atoms with van der Waals surface area (Å²) in [6, 6.07) is 0. The minimum Gasteiger partial charge on any atom is -0.326 e. The van der Waals surface area contributed by atoms with E-state index in [-0.39, 0.29) is 11.6 Å². The Morgan fingerprint density at radius 1 is 1.64 bits per heavy atom. The minimum atomic E-state index is -2.78. The number of hydrogen-bond acceptors (Lipinski definition) is 2. The van der Waals surface area contributed by atoms with E-state index in [9.17, 15) is 4.57 Å². The molecule has 2 unspecified atom stereocenters. The van der Waals surface area contributed by atoms with Crippen LogP contribution in [0.3, 0.4) is 0 Å². The molecular weight excluding hydrogens is 233 g/mol. The summed E-state index contributed by atoms with van der Waals surface area (Å²) in [6.07, 6.45) is 0. The number of alkyl halides is 1. The van der Waals surface area contributed by atoms with Gasteiger partial charge in [-0.1, -0.05) is 0 Å². The first-order chi connectivity index (χ1) is 4.84. The van der Waals surface area contributed by atoms with E-state index < -0.39 is 8.25 Å². The summed E-state index contributed by atoms with van der Waals surface area (Å²) >= 11 is 3.34. The van der Waals surface area contributed by atoms with Gasteiger partial charge < -0.3 is 13.9 Å². The summed E-state index contributed by atoms with van der Waals surface area (Å²) in [7, 11) is 3.13. The van der Waals surface area contributed by atoms with E-state index in [1.54, 1.807) is 0 Å². The molecule has 2 atom stereocenters. The van der Waals surface area contributed by atoms with Crippen LogP contribution in [0.25, 0.3) is 0 Å². The van der Waals surface area contributed by atoms with Crippen molar-refractivity contribution >= 4 is 24.2 Å². The zero-order valence-corrected chi connectivity index (χ0v) is 9.46. The van der Waals surface area contributed by atoms with Crippen molar-refractivity contribution in [3.05, 3.63) is 0 Å². The predicted molar refractivity (Wildman–Crippen MR) is 47.9 cm³/mol. The third-order valence-electron chi connectivity index (χ3n) is 1.18. The number of quaternary nitrogens is 1. The van der Waals surface area contributed by atoms with Crippen LogP contribution in [0.1, 0.15) is 0 Å². The highest BCUT2D eigenvalue weighted by Crippen LogP contribution is 2.19. The maximum atomic E-state index is 10.2. The van der Waals surface area contributed by atoms with E-state index in [4.69, 9.17) is 4.89 Å². The van der Waals surface area contributed by atoms with Crippen LogP contribution in [-0.2, 0) is 9.09 Å². The molecule has 0 heterocycles. The first-order valence-electron chi connectivity index (χ1n) is 3.15. The van der Waals surface area contributed by atoms with Crippen molar-refractivity contribution in [1.82, 2.24) is 0 Å². The summed E-state index contributed by atoms with van der Waals surface area (Å²) in [4.78, 5) is 8.41. The van der Waals surface area contributed by atoms with Crippen molar-refractivity contribution in [1.29, 1.82) is 0 Å². The summed E-state index contributed by atoms with van der Waals surface area (Å²) in [5, 5.41) is 0. The fourth-order valence-corrected chi connectivity index (χ4v) is 1.04. The van der Waals surface area contributed by atoms with Crippen LogP contribution in [0.4, 0.5) is 0 Å². The molecule has 68 valence electrons. The standard InChI is InChI=1S/C5H13BrNO3P/c1-7(2,3)5(6)4-10-11(8)9/h5,11H,4H2,1-3H3/p+1. The summed E-state index contributed by atoms with van der Waals surface area (Å²) < 4.78 is 15.4. The van der Waals surface area contributed by atoms with Crippen LogP contribution in [-0.4, -0.2) is 42.1 Å². The highest BCUT2D eigenvalue weighted by atomic mass is 79.9. The second kappa shape index (κ2) is 4.58. The fourth-order valence-electron chi connectivity index (χ4n) is 0.364. The summed E-state index contributed by atoms with van der Waals surface area (Å²) in [5.41, 5.74) is 0. The lowest BCUT2D eigenvalue weighted by Crippen LogP contribution is -2.43. The predicted octanol–water partition coefficient (Wildman–Crippen LogP) is 0.812. The van der Waals surface area contributed by atoms with Gasteiger partial charge in [-0.15, -0.1) is 0 Å². The zero-order chi connectivity index (χ0) is 9.07. The maximum absolute atomic E-state index is 10.2. The van der Waals surface area contributed by atoms with Crippen LogP contribution in [0.15, 0.2) is 0 Å². The number of halogens is 1. The quantitative estimate of drug-likeness (QED) is 0.346. The molecule has 0 aromatic carbocycles. The van der Waals surface area contributed by atoms with Gasteiger partial charge in [0.2, 0.25) is 0 Å². The van der Waals surface area contributed by atoms with Crippen LogP contribution < -0.4 is 0 Å². The van der Waals surface area contributed by atoms with Crippen molar-refractivity contribution in [2.45, 2.75) is 4.95 Å². The Morgan fingerprint density at radius 2 is 2.09 bits per heavy atom. The lowest BCUT2D eigenvalue weighted by Gasteiger charge is -2.29. The molecule has 0 spiro atoms. The van der Waals surface area contributed by atoms with Crippen molar-refractivity contribution in [3.8, 4) is 0 Å². The topological polar surface area (TPSA) is 46.5 Å². The highest BCUT2D eigenvalue weighted by Gasteiger charge is 2.20. The van der Waals surface area contributed by atoms with Gasteiger partial charge in [0.05, 0.1) is 21.1 Å². The summed E-state index contributed by atoms with van der Waals surface area (Å²) in [5.74, 6) is 0. The molecule has 0 fully saturated rings. The number of likely N-dealkylation sites (N-methyl/N-ethyl adjacent to an activating group) is 1. The van der Waals surface area contributed by atoms with Crippen LogP contribution in [0, 0.1) is 0 Å². The molecule has 0 aromatic rings. The molecule has 6 heteroatoms. The van der Waals surface area contributed by atoms with Crippen molar-refractivity contribution in [2.24, 2.45) is 0 Å². The van der Waals surface area contributed by atoms with E-state index in [1.165, 1.54) is 0 Å². The second-order valence-electron chi connectivity index (χ2n) is 3.13. The fraction of sp³-hybridized carbons (Fsp3) is 1.00. The Morgan fingerprint density at radius 3 is 2.36 bits per heavy atom. The van der Waals surface area contributed by atoms with E-state index in [0.29, 0.717) is 4.48 Å². The molecule has 11 heavy (non-hydrogen) atoms. The monoisotopic (exact) mass is 246 g/mol. The minimum absolute atomic E-state index is 0.0450. The normalized spacial score (nSPS) is 17.9. The van der Waals surface area contributed by atoms with Crippen LogP contribution >= 0.6 is 24.2 Å². The van der Waals surface area contributed by atoms with Gasteiger partial charge >= 0.3 is 8.25 Å². The first-order valence-corrected chi connectivity index (χ1v) is 5.33. The van der Waals surface area contributed by atoms with E-state index in [0.717, 1.165) is 0 Å². The van der Waals surface area contributed by atoms with Crippen molar-refractivity contribution in [3.63, 3.8) is 0 Å². The Kier molecular flexibility index (Phi) is 4.82. The molecule has 0 aromatic heterocycles. The smallest absolute Gasteiger partial charge is 0.316 e. The zero-order valence-electron chi connectivity index (χ0n) is 6.87. The molecule has 0 radical (unpaired) electrons. The highest BCUT2D eigenvalue weighted by molar-refractivity contribution is 9.09. The molecule has 0 rings (SSSR count). The second-order valence-corrected chi connectivity index (χ2v) is 5.01. The molecule has 0 aliphatic carbocycles. The van der Waals surface area contributed by atoms with Crippen LogP contribution in [0.2, 0.25) is 0 Å². The Balaban J connectivity index is 3.70. The maximum Gasteiger partial charge on any atom is 0.316 e. The van der Waals surface area contributed by atoms with Gasteiger partial charge in [-0.2, -0.15) is 0 Å². The van der Waals surface area contributed by atoms with E-state index in [1.807, 2.05) is 21.1 Å². The molecule has 1 N–H and O–H groups in total. The molecule has 0 aliphatic rings. The van der Waals surface area contributed by atoms with Gasteiger partial charge in [0.15, 0.2) is 4.95 Å². The molecule has 0 bridgehead atoms. The van der Waals surface area contributed by atoms with Crippen LogP contribution in [0.5, 0.6) is 0 Å². The molecule has 4 nitrogen and oxygen atoms in total. The lowest BCUT2D eigenvalue weighted by atomic mass is 10.5. The molecule has 0 amide bonds. The van der Waals surface area contributed by atoms with Crippen molar-refractivity contribution in [2.75, 3.05) is 27.7 Å². The van der Waals surface area contributed by atoms with Gasteiger partial charge in [-0.3, -0.25) is 4.57 Å². The largest absolute Gasteiger partial charge is 0.326 e. The lowest BCUT2D eigenvalue weighted by molar-refractivity contribution is -0.879. The molecule has 0 saturated heterocycles. The van der Waals surface area contributed by atoms with Gasteiger partial charge in [0, 0.05) is 0 Å². The average Bonchev–Trinajstić information content (AvgIpc) is 1.80. The van der Waals surface area contributed by atoms with Gasteiger partial charge in [0.25, 0.3) is 0 Å². The molecule has 0 aliphatic heterocycles. The van der Waals surface area contributed by atoms with Gasteiger partial charge in [-0.05, 0) is 15.9 Å². The average molecular weight is 247 g/mol. The number of rotatable bonds is 4. The number of nitrogens with zero attached hydrogens (tertiary/aromatic N) is 1. The third-order valence-corrected chi connectivity index (χ3v) is 3.09. The Bertz CT molecular complexity index is 147. The molecular formula is C5H14BrNO3P+. The van der Waals surface area contributed by atoms with Gasteiger partial charge in [0.1, 0.15) is 6.61 Å². The molecule has 0 saturated carbocycles. The third kappa shape index (κ3) is 5.82. The van der Waals surface area contributed by atoms with E-state index >= 15 is 0 Å². The SMILES string of the molecule is C[N+](C)(C)C(Br)CO[PH](=O)O.